The molecule has 6 heteroatoms. The second-order valence-electron chi connectivity index (χ2n) is 3.90. The molecule has 0 saturated heterocycles. The summed E-state index contributed by atoms with van der Waals surface area (Å²) in [6, 6.07) is 3.61. The van der Waals surface area contributed by atoms with Crippen LogP contribution < -0.4 is 0 Å². The van der Waals surface area contributed by atoms with E-state index in [1.54, 1.807) is 0 Å². The second kappa shape index (κ2) is 5.13. The van der Waals surface area contributed by atoms with Crippen molar-refractivity contribution in [1.82, 2.24) is 0 Å². The molecule has 0 radical (unpaired) electrons. The minimum absolute atomic E-state index is 0.0246. The number of methoxy groups -OCH3 is 1. The summed E-state index contributed by atoms with van der Waals surface area (Å²) in [5, 5.41) is 10.2. The molecule has 0 amide bonds. The summed E-state index contributed by atoms with van der Waals surface area (Å²) >= 11 is 3.17. The van der Waals surface area contributed by atoms with E-state index in [0.29, 0.717) is 9.86 Å². The Labute approximate surface area is 115 Å². The highest BCUT2D eigenvalue weighted by Crippen LogP contribution is 2.38. The lowest BCUT2D eigenvalue weighted by atomic mass is 10.0. The number of phenolic OH excluding ortho intramolecular Hbond substituents is 1. The fourth-order valence-electron chi connectivity index (χ4n) is 1.80. The normalized spacial score (nSPS) is 10.7. The van der Waals surface area contributed by atoms with Gasteiger partial charge in [-0.15, -0.1) is 0 Å². The molecule has 0 unspecified atom stereocenters. The van der Waals surface area contributed by atoms with E-state index in [1.807, 2.05) is 0 Å². The SMILES string of the molecule is COC(=O)Cc1c(F)c(O)c2cc(F)ccc2c1Br. The van der Waals surface area contributed by atoms with Gasteiger partial charge in [0, 0.05) is 20.8 Å². The summed E-state index contributed by atoms with van der Waals surface area (Å²) < 4.78 is 31.9. The number of esters is 1. The van der Waals surface area contributed by atoms with Crippen LogP contribution in [0.5, 0.6) is 5.75 Å². The molecule has 3 nitrogen and oxygen atoms in total. The molecule has 2 aromatic rings. The fourth-order valence-corrected chi connectivity index (χ4v) is 2.46. The van der Waals surface area contributed by atoms with Gasteiger partial charge in [0.05, 0.1) is 13.5 Å². The summed E-state index contributed by atoms with van der Waals surface area (Å²) in [4.78, 5) is 11.2. The Morgan fingerprint density at radius 1 is 1.37 bits per heavy atom. The number of fused-ring (bicyclic) bond motifs is 1. The number of hydrogen-bond acceptors (Lipinski definition) is 3. The highest BCUT2D eigenvalue weighted by molar-refractivity contribution is 9.10. The van der Waals surface area contributed by atoms with Crippen LogP contribution in [0, 0.1) is 11.6 Å². The minimum Gasteiger partial charge on any atom is -0.504 e. The first-order valence-corrected chi connectivity index (χ1v) is 6.10. The monoisotopic (exact) mass is 330 g/mol. The molecule has 0 aliphatic rings. The van der Waals surface area contributed by atoms with Crippen LogP contribution >= 0.6 is 15.9 Å². The Kier molecular flexibility index (Phi) is 3.71. The standard InChI is InChI=1S/C13H9BrF2O3/c1-19-10(17)5-9-11(14)7-3-2-6(15)4-8(7)13(18)12(9)16/h2-4,18H,5H2,1H3. The maximum absolute atomic E-state index is 14.0. The van der Waals surface area contributed by atoms with Crippen molar-refractivity contribution in [3.63, 3.8) is 0 Å². The van der Waals surface area contributed by atoms with Gasteiger partial charge in [0.25, 0.3) is 0 Å². The van der Waals surface area contributed by atoms with Crippen molar-refractivity contribution in [1.29, 1.82) is 0 Å². The van der Waals surface area contributed by atoms with Crippen LogP contribution in [0.25, 0.3) is 10.8 Å². The zero-order chi connectivity index (χ0) is 14.2. The summed E-state index contributed by atoms with van der Waals surface area (Å²) in [6.07, 6.45) is -0.330. The van der Waals surface area contributed by atoms with Crippen molar-refractivity contribution in [3.05, 3.63) is 39.9 Å². The van der Waals surface area contributed by atoms with Crippen molar-refractivity contribution >= 4 is 32.7 Å². The predicted octanol–water partition coefficient (Wildman–Crippen LogP) is 3.30. The van der Waals surface area contributed by atoms with Gasteiger partial charge in [-0.3, -0.25) is 4.79 Å². The van der Waals surface area contributed by atoms with Gasteiger partial charge in [0.15, 0.2) is 11.6 Å². The largest absolute Gasteiger partial charge is 0.504 e. The van der Waals surface area contributed by atoms with E-state index in [0.717, 1.165) is 6.07 Å². The van der Waals surface area contributed by atoms with Gasteiger partial charge >= 0.3 is 5.97 Å². The third-order valence-corrected chi connectivity index (χ3v) is 3.67. The van der Waals surface area contributed by atoms with E-state index in [-0.39, 0.29) is 17.4 Å². The van der Waals surface area contributed by atoms with Gasteiger partial charge in [-0.2, -0.15) is 0 Å². The molecule has 0 spiro atoms. The topological polar surface area (TPSA) is 46.5 Å². The van der Waals surface area contributed by atoms with Crippen molar-refractivity contribution in [3.8, 4) is 5.75 Å². The number of benzene rings is 2. The first kappa shape index (κ1) is 13.7. The van der Waals surface area contributed by atoms with Crippen LogP contribution in [0.1, 0.15) is 5.56 Å². The molecule has 2 aromatic carbocycles. The van der Waals surface area contributed by atoms with E-state index in [1.165, 1.54) is 19.2 Å². The maximum Gasteiger partial charge on any atom is 0.310 e. The average molecular weight is 331 g/mol. The van der Waals surface area contributed by atoms with Gasteiger partial charge in [0.1, 0.15) is 5.82 Å². The van der Waals surface area contributed by atoms with E-state index < -0.39 is 23.4 Å². The van der Waals surface area contributed by atoms with E-state index in [9.17, 15) is 18.7 Å². The van der Waals surface area contributed by atoms with Crippen LogP contribution in [0.3, 0.4) is 0 Å². The lowest BCUT2D eigenvalue weighted by Gasteiger charge is -2.11. The second-order valence-corrected chi connectivity index (χ2v) is 4.69. The number of phenols is 1. The van der Waals surface area contributed by atoms with E-state index in [4.69, 9.17) is 0 Å². The maximum atomic E-state index is 14.0. The predicted molar refractivity (Wildman–Crippen MR) is 68.9 cm³/mol. The molecular weight excluding hydrogens is 322 g/mol. The van der Waals surface area contributed by atoms with Crippen LogP contribution in [-0.4, -0.2) is 18.2 Å². The van der Waals surface area contributed by atoms with E-state index >= 15 is 0 Å². The lowest BCUT2D eigenvalue weighted by molar-refractivity contribution is -0.139. The first-order valence-electron chi connectivity index (χ1n) is 5.30. The zero-order valence-corrected chi connectivity index (χ0v) is 11.4. The number of carbonyl (C=O) groups is 1. The quantitative estimate of drug-likeness (QED) is 0.859. The van der Waals surface area contributed by atoms with Gasteiger partial charge in [-0.05, 0) is 28.1 Å². The van der Waals surface area contributed by atoms with Crippen LogP contribution in [0.2, 0.25) is 0 Å². The Bertz CT molecular complexity index is 671. The molecule has 19 heavy (non-hydrogen) atoms. The lowest BCUT2D eigenvalue weighted by Crippen LogP contribution is -2.07. The Morgan fingerprint density at radius 2 is 2.05 bits per heavy atom. The third-order valence-electron chi connectivity index (χ3n) is 2.76. The number of halogens is 3. The van der Waals surface area contributed by atoms with Gasteiger partial charge < -0.3 is 9.84 Å². The average Bonchev–Trinajstić information content (AvgIpc) is 2.40. The molecule has 0 heterocycles. The van der Waals surface area contributed by atoms with Gasteiger partial charge in [-0.1, -0.05) is 6.07 Å². The summed E-state index contributed by atoms with van der Waals surface area (Å²) in [5.74, 6) is -2.87. The van der Waals surface area contributed by atoms with Crippen LogP contribution in [0.4, 0.5) is 8.78 Å². The molecule has 1 N–H and O–H groups in total. The Balaban J connectivity index is 2.73. The Morgan fingerprint density at radius 3 is 2.68 bits per heavy atom. The number of ether oxygens (including phenoxy) is 1. The fraction of sp³-hybridized carbons (Fsp3) is 0.154. The molecular formula is C13H9BrF2O3. The van der Waals surface area contributed by atoms with Crippen molar-refractivity contribution in [2.24, 2.45) is 0 Å². The first-order chi connectivity index (χ1) is 8.95. The summed E-state index contributed by atoms with van der Waals surface area (Å²) in [5.41, 5.74) is -0.0246. The molecule has 0 fully saturated rings. The number of aromatic hydroxyl groups is 1. The van der Waals surface area contributed by atoms with Crippen molar-refractivity contribution < 1.29 is 23.4 Å². The Hall–Kier alpha value is -1.69. The number of rotatable bonds is 2. The molecule has 0 aliphatic heterocycles. The van der Waals surface area contributed by atoms with Gasteiger partial charge in [-0.25, -0.2) is 8.78 Å². The van der Waals surface area contributed by atoms with Crippen molar-refractivity contribution in [2.75, 3.05) is 7.11 Å². The molecule has 2 rings (SSSR count). The highest BCUT2D eigenvalue weighted by atomic mass is 79.9. The smallest absolute Gasteiger partial charge is 0.310 e. The molecule has 0 atom stereocenters. The molecule has 0 aromatic heterocycles. The number of carbonyl (C=O) groups excluding carboxylic acids is 1. The van der Waals surface area contributed by atoms with Crippen molar-refractivity contribution in [2.45, 2.75) is 6.42 Å². The highest BCUT2D eigenvalue weighted by Gasteiger charge is 2.20. The summed E-state index contributed by atoms with van der Waals surface area (Å²) in [6.45, 7) is 0. The van der Waals surface area contributed by atoms with E-state index in [2.05, 4.69) is 20.7 Å². The third kappa shape index (κ3) is 2.40. The number of hydrogen-bond donors (Lipinski definition) is 1. The summed E-state index contributed by atoms with van der Waals surface area (Å²) in [7, 11) is 1.18. The molecule has 0 bridgehead atoms. The molecule has 0 saturated carbocycles. The molecule has 100 valence electrons. The van der Waals surface area contributed by atoms with Crippen LogP contribution in [-0.2, 0) is 16.0 Å². The van der Waals surface area contributed by atoms with Gasteiger partial charge in [0.2, 0.25) is 0 Å². The minimum atomic E-state index is -0.963. The van der Waals surface area contributed by atoms with Crippen LogP contribution in [0.15, 0.2) is 22.7 Å². The molecule has 0 aliphatic carbocycles. The zero-order valence-electron chi connectivity index (χ0n) is 9.84.